The molecule has 2 unspecified atom stereocenters. The van der Waals surface area contributed by atoms with Gasteiger partial charge in [-0.1, -0.05) is 0 Å². The average Bonchev–Trinajstić information content (AvgIpc) is 2.61. The van der Waals surface area contributed by atoms with Gasteiger partial charge in [0.25, 0.3) is 0 Å². The summed E-state index contributed by atoms with van der Waals surface area (Å²) in [5, 5.41) is 6.48. The topological polar surface area (TPSA) is 53.6 Å². The summed E-state index contributed by atoms with van der Waals surface area (Å²) >= 11 is 0. The van der Waals surface area contributed by atoms with E-state index in [4.69, 9.17) is 4.74 Å². The minimum atomic E-state index is -0.425. The van der Waals surface area contributed by atoms with Gasteiger partial charge in [0.15, 0.2) is 0 Å². The number of hydrogen-bond acceptors (Lipinski definition) is 4. The van der Waals surface area contributed by atoms with Gasteiger partial charge >= 0.3 is 6.09 Å². The molecular formula is C14H29N3O2. The summed E-state index contributed by atoms with van der Waals surface area (Å²) in [6, 6.07) is 0.756. The molecule has 1 aliphatic rings. The molecule has 0 bridgehead atoms. The van der Waals surface area contributed by atoms with Crippen molar-refractivity contribution >= 4 is 6.09 Å². The molecule has 1 aliphatic carbocycles. The van der Waals surface area contributed by atoms with Gasteiger partial charge < -0.3 is 20.3 Å². The van der Waals surface area contributed by atoms with Crippen molar-refractivity contribution in [1.82, 2.24) is 15.5 Å². The predicted molar refractivity (Wildman–Crippen MR) is 77.4 cm³/mol. The molecular weight excluding hydrogens is 242 g/mol. The van der Waals surface area contributed by atoms with Gasteiger partial charge in [0.05, 0.1) is 0 Å². The van der Waals surface area contributed by atoms with Crippen molar-refractivity contribution in [2.75, 3.05) is 27.2 Å². The van der Waals surface area contributed by atoms with Crippen molar-refractivity contribution in [3.8, 4) is 0 Å². The number of hydrogen-bond donors (Lipinski definition) is 2. The molecule has 0 radical (unpaired) electrons. The van der Waals surface area contributed by atoms with Gasteiger partial charge in [-0.05, 0) is 54.1 Å². The van der Waals surface area contributed by atoms with E-state index in [9.17, 15) is 4.79 Å². The number of nitrogens with one attached hydrogen (secondary N) is 2. The third-order valence-electron chi connectivity index (χ3n) is 3.15. The highest BCUT2D eigenvalue weighted by molar-refractivity contribution is 5.68. The molecule has 1 rings (SSSR count). The van der Waals surface area contributed by atoms with E-state index < -0.39 is 5.60 Å². The summed E-state index contributed by atoms with van der Waals surface area (Å²) in [6.45, 7) is 7.68. The summed E-state index contributed by atoms with van der Waals surface area (Å²) in [6.07, 6.45) is 2.84. The molecule has 0 aromatic carbocycles. The van der Waals surface area contributed by atoms with Gasteiger partial charge in [-0.25, -0.2) is 4.79 Å². The molecule has 1 fully saturated rings. The quantitative estimate of drug-likeness (QED) is 0.797. The Hall–Kier alpha value is -0.810. The lowest BCUT2D eigenvalue weighted by atomic mass is 10.2. The zero-order valence-corrected chi connectivity index (χ0v) is 13.0. The van der Waals surface area contributed by atoms with Crippen LogP contribution in [0.2, 0.25) is 0 Å². The maximum absolute atomic E-state index is 11.7. The van der Waals surface area contributed by atoms with Crippen LogP contribution in [0.3, 0.4) is 0 Å². The van der Waals surface area contributed by atoms with Crippen LogP contribution in [0, 0.1) is 0 Å². The molecule has 0 saturated heterocycles. The van der Waals surface area contributed by atoms with E-state index >= 15 is 0 Å². The second-order valence-corrected chi connectivity index (χ2v) is 6.61. The molecule has 1 saturated carbocycles. The highest BCUT2D eigenvalue weighted by atomic mass is 16.6. The first kappa shape index (κ1) is 16.2. The van der Waals surface area contributed by atoms with Crippen molar-refractivity contribution in [1.29, 1.82) is 0 Å². The minimum absolute atomic E-state index is 0.242. The number of amides is 1. The van der Waals surface area contributed by atoms with Crippen molar-refractivity contribution in [3.05, 3.63) is 0 Å². The fraction of sp³-hybridized carbons (Fsp3) is 0.929. The third-order valence-corrected chi connectivity index (χ3v) is 3.15. The zero-order chi connectivity index (χ0) is 14.5. The second-order valence-electron chi connectivity index (χ2n) is 6.61. The number of carbonyl (C=O) groups excluding carboxylic acids is 1. The summed E-state index contributed by atoms with van der Waals surface area (Å²) in [5.74, 6) is 0. The molecule has 5 heteroatoms. The Balaban J connectivity index is 2.19. The van der Waals surface area contributed by atoms with Crippen LogP contribution in [-0.4, -0.2) is 55.9 Å². The molecule has 112 valence electrons. The van der Waals surface area contributed by atoms with Crippen LogP contribution < -0.4 is 10.6 Å². The lowest BCUT2D eigenvalue weighted by Gasteiger charge is -2.22. The van der Waals surface area contributed by atoms with Gasteiger partial charge in [-0.15, -0.1) is 0 Å². The van der Waals surface area contributed by atoms with E-state index in [1.54, 1.807) is 0 Å². The molecule has 19 heavy (non-hydrogen) atoms. The van der Waals surface area contributed by atoms with Crippen molar-refractivity contribution < 1.29 is 9.53 Å². The summed E-state index contributed by atoms with van der Waals surface area (Å²) in [4.78, 5) is 13.8. The summed E-state index contributed by atoms with van der Waals surface area (Å²) < 4.78 is 5.27. The Labute approximate surface area is 117 Å². The van der Waals surface area contributed by atoms with Crippen molar-refractivity contribution in [2.24, 2.45) is 0 Å². The first-order valence-corrected chi connectivity index (χ1v) is 7.14. The van der Waals surface area contributed by atoms with E-state index in [-0.39, 0.29) is 12.1 Å². The lowest BCUT2D eigenvalue weighted by molar-refractivity contribution is 0.0505. The van der Waals surface area contributed by atoms with Gasteiger partial charge in [-0.3, -0.25) is 0 Å². The minimum Gasteiger partial charge on any atom is -0.444 e. The summed E-state index contributed by atoms with van der Waals surface area (Å²) in [7, 11) is 4.15. The normalized spacial score (nSPS) is 23.7. The number of likely N-dealkylation sites (N-methyl/N-ethyl adjacent to an activating group) is 1. The fourth-order valence-electron chi connectivity index (χ4n) is 2.26. The number of nitrogens with zero attached hydrogens (tertiary/aromatic N) is 1. The van der Waals surface area contributed by atoms with Crippen molar-refractivity contribution in [3.63, 3.8) is 0 Å². The van der Waals surface area contributed by atoms with Crippen LogP contribution in [-0.2, 0) is 4.74 Å². The number of rotatable bonds is 5. The van der Waals surface area contributed by atoms with Crippen LogP contribution >= 0.6 is 0 Å². The van der Waals surface area contributed by atoms with Crippen LogP contribution in [0.25, 0.3) is 0 Å². The van der Waals surface area contributed by atoms with Crippen LogP contribution in [0.15, 0.2) is 0 Å². The SMILES string of the molecule is CN(C)CCNC1CCC(NC(=O)OC(C)(C)C)C1. The molecule has 0 heterocycles. The number of carbonyl (C=O) groups is 1. The standard InChI is InChI=1S/C14H29N3O2/c1-14(2,3)19-13(18)16-12-7-6-11(10-12)15-8-9-17(4)5/h11-12,15H,6-10H2,1-5H3,(H,16,18). The molecule has 5 nitrogen and oxygen atoms in total. The maximum Gasteiger partial charge on any atom is 0.407 e. The monoisotopic (exact) mass is 271 g/mol. The average molecular weight is 271 g/mol. The van der Waals surface area contributed by atoms with Crippen LogP contribution in [0.5, 0.6) is 0 Å². The molecule has 0 aromatic rings. The van der Waals surface area contributed by atoms with E-state index in [0.29, 0.717) is 6.04 Å². The van der Waals surface area contributed by atoms with Crippen LogP contribution in [0.4, 0.5) is 4.79 Å². The van der Waals surface area contributed by atoms with E-state index in [2.05, 4.69) is 29.6 Å². The first-order chi connectivity index (χ1) is 8.76. The predicted octanol–water partition coefficient (Wildman–Crippen LogP) is 1.58. The molecule has 0 spiro atoms. The smallest absolute Gasteiger partial charge is 0.407 e. The Kier molecular flexibility index (Phi) is 6.07. The Bertz CT molecular complexity index is 287. The highest BCUT2D eigenvalue weighted by Gasteiger charge is 2.27. The second kappa shape index (κ2) is 7.10. The molecule has 0 aliphatic heterocycles. The largest absolute Gasteiger partial charge is 0.444 e. The maximum atomic E-state index is 11.7. The van der Waals surface area contributed by atoms with Gasteiger partial charge in [-0.2, -0.15) is 0 Å². The molecule has 0 aromatic heterocycles. The van der Waals surface area contributed by atoms with E-state index in [1.807, 2.05) is 20.8 Å². The van der Waals surface area contributed by atoms with E-state index in [1.165, 1.54) is 0 Å². The first-order valence-electron chi connectivity index (χ1n) is 7.14. The number of ether oxygens (including phenoxy) is 1. The summed E-state index contributed by atoms with van der Waals surface area (Å²) in [5.41, 5.74) is -0.425. The number of alkyl carbamates (subject to hydrolysis) is 1. The molecule has 1 amide bonds. The van der Waals surface area contributed by atoms with Crippen LogP contribution in [0.1, 0.15) is 40.0 Å². The highest BCUT2D eigenvalue weighted by Crippen LogP contribution is 2.19. The van der Waals surface area contributed by atoms with E-state index in [0.717, 1.165) is 32.4 Å². The molecule has 2 atom stereocenters. The Morgan fingerprint density at radius 1 is 1.26 bits per heavy atom. The van der Waals surface area contributed by atoms with Gasteiger partial charge in [0.1, 0.15) is 5.60 Å². The Morgan fingerprint density at radius 2 is 1.89 bits per heavy atom. The zero-order valence-electron chi connectivity index (χ0n) is 13.0. The third kappa shape index (κ3) is 7.38. The lowest BCUT2D eigenvalue weighted by Crippen LogP contribution is -2.39. The van der Waals surface area contributed by atoms with Gasteiger partial charge in [0.2, 0.25) is 0 Å². The van der Waals surface area contributed by atoms with Crippen molar-refractivity contribution in [2.45, 2.75) is 57.7 Å². The Morgan fingerprint density at radius 3 is 2.47 bits per heavy atom. The molecule has 2 N–H and O–H groups in total. The van der Waals surface area contributed by atoms with Gasteiger partial charge in [0, 0.05) is 25.2 Å². The fourth-order valence-corrected chi connectivity index (χ4v) is 2.26.